The first-order valence-electron chi connectivity index (χ1n) is 5.88. The number of aryl methyl sites for hydroxylation is 1. The van der Waals surface area contributed by atoms with Crippen molar-refractivity contribution in [3.63, 3.8) is 0 Å². The number of benzene rings is 2. The van der Waals surface area contributed by atoms with Crippen molar-refractivity contribution in [1.82, 2.24) is 0 Å². The van der Waals surface area contributed by atoms with Crippen molar-refractivity contribution in [3.8, 4) is 0 Å². The molecular weight excluding hydrogens is 315 g/mol. The summed E-state index contributed by atoms with van der Waals surface area (Å²) in [5, 5.41) is 10.2. The van der Waals surface area contributed by atoms with E-state index in [1.807, 2.05) is 24.3 Å². The van der Waals surface area contributed by atoms with Gasteiger partial charge >= 0.3 is 5.97 Å². The molecule has 0 aliphatic rings. The van der Waals surface area contributed by atoms with Crippen molar-refractivity contribution in [2.75, 3.05) is 0 Å². The van der Waals surface area contributed by atoms with E-state index in [0.29, 0.717) is 21.4 Å². The fourth-order valence-electron chi connectivity index (χ4n) is 1.72. The molecule has 0 aliphatic carbocycles. The predicted octanol–water partition coefficient (Wildman–Crippen LogP) is 5.29. The molecule has 104 valence electrons. The summed E-state index contributed by atoms with van der Waals surface area (Å²) in [6.45, 7) is 1.79. The van der Waals surface area contributed by atoms with E-state index in [-0.39, 0.29) is 0 Å². The second-order valence-electron chi connectivity index (χ2n) is 4.32. The van der Waals surface area contributed by atoms with Crippen LogP contribution in [0.15, 0.2) is 41.3 Å². The van der Waals surface area contributed by atoms with Crippen LogP contribution < -0.4 is 0 Å². The third kappa shape index (κ3) is 3.69. The maximum absolute atomic E-state index is 11.1. The number of carboxylic acids is 1. The van der Waals surface area contributed by atoms with Crippen molar-refractivity contribution in [1.29, 1.82) is 0 Å². The molecule has 0 saturated heterocycles. The number of rotatable bonds is 4. The van der Waals surface area contributed by atoms with Gasteiger partial charge in [0.05, 0.1) is 15.6 Å². The Labute approximate surface area is 131 Å². The number of hydrogen-bond donors (Lipinski definition) is 1. The van der Waals surface area contributed by atoms with Crippen LogP contribution in [0.25, 0.3) is 0 Å². The smallest absolute Gasteiger partial charge is 0.335 e. The van der Waals surface area contributed by atoms with Gasteiger partial charge in [0.1, 0.15) is 0 Å². The van der Waals surface area contributed by atoms with E-state index in [9.17, 15) is 4.79 Å². The average Bonchev–Trinajstić information content (AvgIpc) is 2.41. The highest BCUT2D eigenvalue weighted by molar-refractivity contribution is 7.98. The van der Waals surface area contributed by atoms with Gasteiger partial charge in [0.25, 0.3) is 0 Å². The zero-order valence-corrected chi connectivity index (χ0v) is 13.0. The highest BCUT2D eigenvalue weighted by Gasteiger charge is 2.08. The Morgan fingerprint density at radius 3 is 2.55 bits per heavy atom. The van der Waals surface area contributed by atoms with Gasteiger partial charge in [-0.2, -0.15) is 0 Å². The lowest BCUT2D eigenvalue weighted by molar-refractivity contribution is 0.0696. The third-order valence-electron chi connectivity index (χ3n) is 2.83. The molecule has 0 fully saturated rings. The SMILES string of the molecule is Cc1ccc(SCc2ccc(Cl)c(Cl)c2)cc1C(=O)O. The maximum atomic E-state index is 11.1. The van der Waals surface area contributed by atoms with Gasteiger partial charge in [0.15, 0.2) is 0 Å². The van der Waals surface area contributed by atoms with Gasteiger partial charge in [0.2, 0.25) is 0 Å². The molecule has 0 amide bonds. The molecule has 1 N–H and O–H groups in total. The second kappa shape index (κ2) is 6.53. The summed E-state index contributed by atoms with van der Waals surface area (Å²) in [6, 6.07) is 10.9. The molecule has 0 radical (unpaired) electrons. The molecule has 0 aliphatic heterocycles. The molecule has 0 aromatic heterocycles. The second-order valence-corrected chi connectivity index (χ2v) is 6.18. The van der Waals surface area contributed by atoms with Gasteiger partial charge in [-0.1, -0.05) is 35.3 Å². The van der Waals surface area contributed by atoms with Crippen LogP contribution in [0.2, 0.25) is 10.0 Å². The lowest BCUT2D eigenvalue weighted by Crippen LogP contribution is -1.99. The Bertz CT molecular complexity index is 656. The minimum Gasteiger partial charge on any atom is -0.478 e. The molecular formula is C15H12Cl2O2S. The molecule has 20 heavy (non-hydrogen) atoms. The van der Waals surface area contributed by atoms with Crippen LogP contribution in [0.4, 0.5) is 0 Å². The summed E-state index contributed by atoms with van der Waals surface area (Å²) in [5.74, 6) is -0.196. The summed E-state index contributed by atoms with van der Waals surface area (Å²) in [6.07, 6.45) is 0. The van der Waals surface area contributed by atoms with Crippen LogP contribution >= 0.6 is 35.0 Å². The van der Waals surface area contributed by atoms with Crippen molar-refractivity contribution in [2.45, 2.75) is 17.6 Å². The van der Waals surface area contributed by atoms with Gasteiger partial charge in [0, 0.05) is 10.6 Å². The average molecular weight is 327 g/mol. The predicted molar refractivity (Wildman–Crippen MR) is 84.2 cm³/mol. The summed E-state index contributed by atoms with van der Waals surface area (Å²) >= 11 is 13.4. The molecule has 0 bridgehead atoms. The zero-order valence-electron chi connectivity index (χ0n) is 10.7. The first kappa shape index (κ1) is 15.2. The van der Waals surface area contributed by atoms with E-state index < -0.39 is 5.97 Å². The molecule has 2 aromatic rings. The molecule has 5 heteroatoms. The number of hydrogen-bond acceptors (Lipinski definition) is 2. The van der Waals surface area contributed by atoms with Crippen LogP contribution in [0.3, 0.4) is 0 Å². The normalized spacial score (nSPS) is 10.6. The van der Waals surface area contributed by atoms with E-state index in [4.69, 9.17) is 28.3 Å². The van der Waals surface area contributed by atoms with Crippen LogP contribution in [-0.2, 0) is 5.75 Å². The Balaban J connectivity index is 2.12. The fraction of sp³-hybridized carbons (Fsp3) is 0.133. The Morgan fingerprint density at radius 1 is 1.15 bits per heavy atom. The lowest BCUT2D eigenvalue weighted by atomic mass is 10.1. The van der Waals surface area contributed by atoms with E-state index in [2.05, 4.69) is 0 Å². The highest BCUT2D eigenvalue weighted by Crippen LogP contribution is 2.28. The van der Waals surface area contributed by atoms with E-state index in [0.717, 1.165) is 16.0 Å². The quantitative estimate of drug-likeness (QED) is 0.775. The van der Waals surface area contributed by atoms with Crippen LogP contribution in [0.5, 0.6) is 0 Å². The number of thioether (sulfide) groups is 1. The maximum Gasteiger partial charge on any atom is 0.335 e. The molecule has 0 atom stereocenters. The van der Waals surface area contributed by atoms with E-state index >= 15 is 0 Å². The Morgan fingerprint density at radius 2 is 1.90 bits per heavy atom. The molecule has 2 nitrogen and oxygen atoms in total. The molecule has 2 aromatic carbocycles. The molecule has 0 heterocycles. The zero-order chi connectivity index (χ0) is 14.7. The minimum absolute atomic E-state index is 0.337. The number of carbonyl (C=O) groups is 1. The highest BCUT2D eigenvalue weighted by atomic mass is 35.5. The van der Waals surface area contributed by atoms with Gasteiger partial charge in [-0.25, -0.2) is 4.79 Å². The lowest BCUT2D eigenvalue weighted by Gasteiger charge is -2.06. The Hall–Kier alpha value is -1.16. The summed E-state index contributed by atoms with van der Waals surface area (Å²) in [5.41, 5.74) is 2.14. The largest absolute Gasteiger partial charge is 0.478 e. The van der Waals surface area contributed by atoms with Crippen LogP contribution in [0, 0.1) is 6.92 Å². The Kier molecular flexibility index (Phi) is 4.97. The summed E-state index contributed by atoms with van der Waals surface area (Å²) in [4.78, 5) is 12.0. The molecule has 0 spiro atoms. The van der Waals surface area contributed by atoms with Crippen LogP contribution in [0.1, 0.15) is 21.5 Å². The topological polar surface area (TPSA) is 37.3 Å². The van der Waals surface area contributed by atoms with Gasteiger partial charge in [-0.05, 0) is 42.3 Å². The van der Waals surface area contributed by atoms with E-state index in [1.165, 1.54) is 0 Å². The standard InChI is InChI=1S/C15H12Cl2O2S/c1-9-2-4-11(7-12(9)15(18)19)20-8-10-3-5-13(16)14(17)6-10/h2-7H,8H2,1H3,(H,18,19). The minimum atomic E-state index is -0.903. The van der Waals surface area contributed by atoms with Crippen LogP contribution in [-0.4, -0.2) is 11.1 Å². The molecule has 2 rings (SSSR count). The van der Waals surface area contributed by atoms with Gasteiger partial charge in [-0.3, -0.25) is 0 Å². The molecule has 0 unspecified atom stereocenters. The monoisotopic (exact) mass is 326 g/mol. The summed E-state index contributed by atoms with van der Waals surface area (Å²) in [7, 11) is 0. The van der Waals surface area contributed by atoms with Crippen molar-refractivity contribution in [2.24, 2.45) is 0 Å². The van der Waals surface area contributed by atoms with E-state index in [1.54, 1.807) is 30.8 Å². The molecule has 0 saturated carbocycles. The van der Waals surface area contributed by atoms with Crippen molar-refractivity contribution >= 4 is 40.9 Å². The number of carboxylic acid groups (broad SMARTS) is 1. The number of aromatic carboxylic acids is 1. The van der Waals surface area contributed by atoms with Crippen molar-refractivity contribution in [3.05, 3.63) is 63.1 Å². The first-order valence-corrected chi connectivity index (χ1v) is 7.62. The van der Waals surface area contributed by atoms with Crippen molar-refractivity contribution < 1.29 is 9.90 Å². The summed E-state index contributed by atoms with van der Waals surface area (Å²) < 4.78 is 0. The first-order chi connectivity index (χ1) is 9.47. The fourth-order valence-corrected chi connectivity index (χ4v) is 2.92. The van der Waals surface area contributed by atoms with Gasteiger partial charge < -0.3 is 5.11 Å². The number of halogens is 2. The third-order valence-corrected chi connectivity index (χ3v) is 4.63. The van der Waals surface area contributed by atoms with Gasteiger partial charge in [-0.15, -0.1) is 11.8 Å².